The molecule has 0 radical (unpaired) electrons. The second-order valence-electron chi connectivity index (χ2n) is 4.64. The molecule has 1 atom stereocenters. The highest BCUT2D eigenvalue weighted by atomic mass is 16.6. The van der Waals surface area contributed by atoms with Crippen LogP contribution in [0.5, 0.6) is 0 Å². The van der Waals surface area contributed by atoms with Crippen LogP contribution in [-0.4, -0.2) is 34.9 Å². The molecule has 6 nitrogen and oxygen atoms in total. The van der Waals surface area contributed by atoms with Gasteiger partial charge in [0.15, 0.2) is 0 Å². The number of nitro groups is 1. The van der Waals surface area contributed by atoms with Crippen molar-refractivity contribution in [1.82, 2.24) is 4.90 Å². The van der Waals surface area contributed by atoms with Gasteiger partial charge in [0.2, 0.25) is 5.91 Å². The number of rotatable bonds is 6. The largest absolute Gasteiger partial charge is 0.324 e. The van der Waals surface area contributed by atoms with Crippen molar-refractivity contribution in [1.29, 1.82) is 0 Å². The van der Waals surface area contributed by atoms with Crippen molar-refractivity contribution in [3.8, 4) is 0 Å². The standard InChI is InChI=1S/C14H21N3O3/c1-5-16(6-2)11(4)14(18)15-13-8-7-12(17(19)20)9-10(13)3/h7-9,11H,5-6H2,1-4H3,(H,15,18). The molecule has 6 heteroatoms. The van der Waals surface area contributed by atoms with E-state index in [1.807, 2.05) is 25.7 Å². The molecule has 0 fully saturated rings. The first-order chi connectivity index (χ1) is 9.40. The molecule has 0 heterocycles. The molecule has 110 valence electrons. The molecule has 0 aliphatic heterocycles. The van der Waals surface area contributed by atoms with Crippen LogP contribution in [0.4, 0.5) is 11.4 Å². The SMILES string of the molecule is CCN(CC)C(C)C(=O)Nc1ccc([N+](=O)[O-])cc1C. The maximum atomic E-state index is 12.2. The van der Waals surface area contributed by atoms with Gasteiger partial charge in [-0.2, -0.15) is 0 Å². The summed E-state index contributed by atoms with van der Waals surface area (Å²) in [7, 11) is 0. The van der Waals surface area contributed by atoms with Gasteiger partial charge in [-0.15, -0.1) is 0 Å². The summed E-state index contributed by atoms with van der Waals surface area (Å²) in [4.78, 5) is 24.4. The number of amides is 1. The second kappa shape index (κ2) is 7.00. The lowest BCUT2D eigenvalue weighted by atomic mass is 10.1. The van der Waals surface area contributed by atoms with Crippen LogP contribution in [-0.2, 0) is 4.79 Å². The third-order valence-electron chi connectivity index (χ3n) is 3.42. The number of carbonyl (C=O) groups excluding carboxylic acids is 1. The smallest absolute Gasteiger partial charge is 0.269 e. The van der Waals surface area contributed by atoms with Gasteiger partial charge >= 0.3 is 0 Å². The third kappa shape index (κ3) is 3.77. The fraction of sp³-hybridized carbons (Fsp3) is 0.500. The number of benzene rings is 1. The molecular formula is C14H21N3O3. The minimum absolute atomic E-state index is 0.0253. The molecule has 1 unspecified atom stereocenters. The van der Waals surface area contributed by atoms with Crippen LogP contribution in [0.3, 0.4) is 0 Å². The van der Waals surface area contributed by atoms with E-state index in [0.29, 0.717) is 11.3 Å². The van der Waals surface area contributed by atoms with E-state index in [9.17, 15) is 14.9 Å². The Morgan fingerprint density at radius 3 is 2.45 bits per heavy atom. The van der Waals surface area contributed by atoms with Crippen LogP contribution in [0.15, 0.2) is 18.2 Å². The Labute approximate surface area is 118 Å². The van der Waals surface area contributed by atoms with E-state index in [1.165, 1.54) is 12.1 Å². The average Bonchev–Trinajstić information content (AvgIpc) is 2.41. The highest BCUT2D eigenvalue weighted by molar-refractivity contribution is 5.95. The molecule has 0 saturated carbocycles. The topological polar surface area (TPSA) is 75.5 Å². The third-order valence-corrected chi connectivity index (χ3v) is 3.42. The molecule has 1 aromatic rings. The van der Waals surface area contributed by atoms with E-state index in [4.69, 9.17) is 0 Å². The first kappa shape index (κ1) is 16.1. The summed E-state index contributed by atoms with van der Waals surface area (Å²) >= 11 is 0. The predicted octanol–water partition coefficient (Wildman–Crippen LogP) is 2.57. The fourth-order valence-electron chi connectivity index (χ4n) is 2.08. The molecule has 0 aromatic heterocycles. The zero-order chi connectivity index (χ0) is 15.3. The number of hydrogen-bond donors (Lipinski definition) is 1. The Bertz CT molecular complexity index is 498. The number of nitrogens with one attached hydrogen (secondary N) is 1. The Hall–Kier alpha value is -1.95. The number of nitrogens with zero attached hydrogens (tertiary/aromatic N) is 2. The van der Waals surface area contributed by atoms with Crippen molar-refractivity contribution in [3.05, 3.63) is 33.9 Å². The molecule has 1 amide bonds. The molecule has 0 aliphatic rings. The number of aryl methyl sites for hydroxylation is 1. The normalized spacial score (nSPS) is 12.2. The van der Waals surface area contributed by atoms with Gasteiger partial charge in [0.1, 0.15) is 0 Å². The monoisotopic (exact) mass is 279 g/mol. The van der Waals surface area contributed by atoms with E-state index in [1.54, 1.807) is 13.0 Å². The van der Waals surface area contributed by atoms with Crippen LogP contribution in [0.2, 0.25) is 0 Å². The fourth-order valence-corrected chi connectivity index (χ4v) is 2.08. The second-order valence-corrected chi connectivity index (χ2v) is 4.64. The summed E-state index contributed by atoms with van der Waals surface area (Å²) in [6, 6.07) is 4.18. The van der Waals surface area contributed by atoms with Crippen LogP contribution >= 0.6 is 0 Å². The molecule has 0 spiro atoms. The molecule has 0 aliphatic carbocycles. The van der Waals surface area contributed by atoms with E-state index >= 15 is 0 Å². The van der Waals surface area contributed by atoms with Crippen molar-refractivity contribution in [2.45, 2.75) is 33.7 Å². The summed E-state index contributed by atoms with van der Waals surface area (Å²) in [5.74, 6) is -0.106. The van der Waals surface area contributed by atoms with Crippen molar-refractivity contribution >= 4 is 17.3 Å². The zero-order valence-corrected chi connectivity index (χ0v) is 12.3. The van der Waals surface area contributed by atoms with Crippen molar-refractivity contribution in [2.75, 3.05) is 18.4 Å². The van der Waals surface area contributed by atoms with Gasteiger partial charge in [-0.3, -0.25) is 19.8 Å². The highest BCUT2D eigenvalue weighted by Crippen LogP contribution is 2.21. The maximum Gasteiger partial charge on any atom is 0.269 e. The minimum atomic E-state index is -0.447. The van der Waals surface area contributed by atoms with Crippen LogP contribution in [0, 0.1) is 17.0 Å². The van der Waals surface area contributed by atoms with Crippen molar-refractivity contribution in [2.24, 2.45) is 0 Å². The van der Waals surface area contributed by atoms with Crippen LogP contribution < -0.4 is 5.32 Å². The first-order valence-corrected chi connectivity index (χ1v) is 6.70. The molecular weight excluding hydrogens is 258 g/mol. The van der Waals surface area contributed by atoms with E-state index in [0.717, 1.165) is 13.1 Å². The Morgan fingerprint density at radius 1 is 1.40 bits per heavy atom. The Morgan fingerprint density at radius 2 is 2.00 bits per heavy atom. The Balaban J connectivity index is 2.83. The molecule has 1 N–H and O–H groups in total. The zero-order valence-electron chi connectivity index (χ0n) is 12.3. The van der Waals surface area contributed by atoms with Gasteiger partial charge in [-0.1, -0.05) is 13.8 Å². The summed E-state index contributed by atoms with van der Waals surface area (Å²) in [6.45, 7) is 9.19. The summed E-state index contributed by atoms with van der Waals surface area (Å²) < 4.78 is 0. The lowest BCUT2D eigenvalue weighted by Crippen LogP contribution is -2.41. The Kier molecular flexibility index (Phi) is 5.64. The van der Waals surface area contributed by atoms with Gasteiger partial charge < -0.3 is 5.32 Å². The van der Waals surface area contributed by atoms with Gasteiger partial charge in [-0.05, 0) is 38.6 Å². The first-order valence-electron chi connectivity index (χ1n) is 6.70. The molecule has 0 saturated heterocycles. The average molecular weight is 279 g/mol. The summed E-state index contributed by atoms with van der Waals surface area (Å²) in [5.41, 5.74) is 1.32. The molecule has 20 heavy (non-hydrogen) atoms. The highest BCUT2D eigenvalue weighted by Gasteiger charge is 2.19. The number of nitro benzene ring substituents is 1. The van der Waals surface area contributed by atoms with E-state index in [-0.39, 0.29) is 17.6 Å². The van der Waals surface area contributed by atoms with Crippen molar-refractivity contribution < 1.29 is 9.72 Å². The van der Waals surface area contributed by atoms with Gasteiger partial charge in [-0.25, -0.2) is 0 Å². The summed E-state index contributed by atoms with van der Waals surface area (Å²) in [6.07, 6.45) is 0. The number of hydrogen-bond acceptors (Lipinski definition) is 4. The molecule has 1 rings (SSSR count). The number of carbonyl (C=O) groups is 1. The number of anilines is 1. The predicted molar refractivity (Wildman–Crippen MR) is 78.8 cm³/mol. The van der Waals surface area contributed by atoms with Crippen molar-refractivity contribution in [3.63, 3.8) is 0 Å². The maximum absolute atomic E-state index is 12.2. The quantitative estimate of drug-likeness (QED) is 0.641. The summed E-state index contributed by atoms with van der Waals surface area (Å²) in [5, 5.41) is 13.5. The van der Waals surface area contributed by atoms with Crippen LogP contribution in [0.1, 0.15) is 26.3 Å². The molecule has 0 bridgehead atoms. The van der Waals surface area contributed by atoms with E-state index in [2.05, 4.69) is 5.32 Å². The number of likely N-dealkylation sites (N-methyl/N-ethyl adjacent to an activating group) is 1. The molecule has 1 aromatic carbocycles. The number of non-ortho nitro benzene ring substituents is 1. The lowest BCUT2D eigenvalue weighted by Gasteiger charge is -2.25. The van der Waals surface area contributed by atoms with E-state index < -0.39 is 4.92 Å². The van der Waals surface area contributed by atoms with Gasteiger partial charge in [0, 0.05) is 17.8 Å². The van der Waals surface area contributed by atoms with Gasteiger partial charge in [0.25, 0.3) is 5.69 Å². The minimum Gasteiger partial charge on any atom is -0.324 e. The van der Waals surface area contributed by atoms with Gasteiger partial charge in [0.05, 0.1) is 11.0 Å². The lowest BCUT2D eigenvalue weighted by molar-refractivity contribution is -0.384. The van der Waals surface area contributed by atoms with Crippen LogP contribution in [0.25, 0.3) is 0 Å².